The number of hydrogen-bond donors (Lipinski definition) is 2. The van der Waals surface area contributed by atoms with Gasteiger partial charge in [0.2, 0.25) is 5.91 Å². The number of H-pyrrole nitrogens is 1. The summed E-state index contributed by atoms with van der Waals surface area (Å²) in [5.41, 5.74) is -2.14. The first-order valence-electron chi connectivity index (χ1n) is 5.51. The van der Waals surface area contributed by atoms with E-state index in [0.29, 0.717) is 13.0 Å². The molecule has 1 rings (SSSR count). The number of nitrogens with one attached hydrogen (secondary N) is 2. The summed E-state index contributed by atoms with van der Waals surface area (Å²) in [5, 5.41) is 2.55. The molecule has 4 nitrogen and oxygen atoms in total. The molecule has 1 aromatic rings. The minimum atomic E-state index is -4.67. The number of amides is 1. The number of rotatable bonds is 4. The molecule has 0 bridgehead atoms. The Kier molecular flexibility index (Phi) is 4.91. The Balaban J connectivity index is 2.72. The number of aromatic amines is 1. The Bertz CT molecular complexity index is 533. The minimum absolute atomic E-state index is 0.170. The van der Waals surface area contributed by atoms with E-state index < -0.39 is 17.3 Å². The van der Waals surface area contributed by atoms with E-state index in [1.54, 1.807) is 6.08 Å². The van der Waals surface area contributed by atoms with Gasteiger partial charge in [0.15, 0.2) is 0 Å². The van der Waals surface area contributed by atoms with E-state index in [1.165, 1.54) is 19.2 Å². The number of halogens is 3. The zero-order valence-electron chi connectivity index (χ0n) is 10.2. The van der Waals surface area contributed by atoms with Gasteiger partial charge >= 0.3 is 6.18 Å². The fraction of sp³-hybridized carbons (Fsp3) is 0.333. The summed E-state index contributed by atoms with van der Waals surface area (Å²) in [6, 6.07) is 0.785. The van der Waals surface area contributed by atoms with Gasteiger partial charge in [-0.05, 0) is 18.1 Å². The smallest absolute Gasteiger partial charge is 0.356 e. The highest BCUT2D eigenvalue weighted by atomic mass is 19.4. The van der Waals surface area contributed by atoms with E-state index in [0.717, 1.165) is 6.07 Å². The third-order valence-corrected chi connectivity index (χ3v) is 2.23. The average Bonchev–Trinajstić information content (AvgIpc) is 2.28. The highest BCUT2D eigenvalue weighted by molar-refractivity contribution is 5.72. The van der Waals surface area contributed by atoms with Gasteiger partial charge in [-0.15, -0.1) is 0 Å². The number of carbonyl (C=O) groups excluding carboxylic acids is 1. The lowest BCUT2D eigenvalue weighted by atomic mass is 10.2. The zero-order chi connectivity index (χ0) is 14.5. The fourth-order valence-corrected chi connectivity index (χ4v) is 1.36. The second-order valence-corrected chi connectivity index (χ2v) is 3.85. The van der Waals surface area contributed by atoms with E-state index in [1.807, 2.05) is 4.98 Å². The maximum atomic E-state index is 12.5. The van der Waals surface area contributed by atoms with Crippen LogP contribution in [0.2, 0.25) is 0 Å². The van der Waals surface area contributed by atoms with Crippen LogP contribution in [-0.2, 0) is 11.0 Å². The molecule has 19 heavy (non-hydrogen) atoms. The summed E-state index contributed by atoms with van der Waals surface area (Å²) in [7, 11) is 0. The van der Waals surface area contributed by atoms with E-state index in [9.17, 15) is 22.8 Å². The Morgan fingerprint density at radius 1 is 1.47 bits per heavy atom. The lowest BCUT2D eigenvalue weighted by Crippen LogP contribution is -2.21. The SMILES string of the molecule is CC(=O)NCCC=Cc1c[nH]c(=O)c(C(F)(F)F)c1. The van der Waals surface area contributed by atoms with Crippen LogP contribution < -0.4 is 10.9 Å². The van der Waals surface area contributed by atoms with Gasteiger partial charge in [-0.2, -0.15) is 13.2 Å². The largest absolute Gasteiger partial charge is 0.421 e. The van der Waals surface area contributed by atoms with Crippen LogP contribution in [0.1, 0.15) is 24.5 Å². The molecule has 0 spiro atoms. The average molecular weight is 274 g/mol. The molecule has 0 aliphatic rings. The van der Waals surface area contributed by atoms with E-state index in [4.69, 9.17) is 0 Å². The highest BCUT2D eigenvalue weighted by Crippen LogP contribution is 2.26. The molecule has 0 atom stereocenters. The Labute approximate surface area is 107 Å². The second kappa shape index (κ2) is 6.21. The van der Waals surface area contributed by atoms with Gasteiger partial charge in [-0.3, -0.25) is 9.59 Å². The Hall–Kier alpha value is -2.05. The molecule has 1 aromatic heterocycles. The topological polar surface area (TPSA) is 62.0 Å². The third-order valence-electron chi connectivity index (χ3n) is 2.23. The quantitative estimate of drug-likeness (QED) is 0.824. The molecule has 2 N–H and O–H groups in total. The third kappa shape index (κ3) is 4.99. The van der Waals surface area contributed by atoms with Crippen LogP contribution >= 0.6 is 0 Å². The number of pyridine rings is 1. The van der Waals surface area contributed by atoms with Crippen LogP contribution in [0.5, 0.6) is 0 Å². The van der Waals surface area contributed by atoms with Crippen LogP contribution in [0.25, 0.3) is 6.08 Å². The predicted octanol–water partition coefficient (Wildman–Crippen LogP) is 1.93. The normalized spacial score (nSPS) is 11.8. The summed E-state index contributed by atoms with van der Waals surface area (Å²) >= 11 is 0. The molecule has 1 heterocycles. The molecule has 0 saturated carbocycles. The van der Waals surface area contributed by atoms with Gasteiger partial charge in [-0.25, -0.2) is 0 Å². The molecule has 0 unspecified atom stereocenters. The summed E-state index contributed by atoms with van der Waals surface area (Å²) < 4.78 is 37.4. The molecular formula is C12H13F3N2O2. The first-order chi connectivity index (χ1) is 8.80. The molecule has 0 aliphatic carbocycles. The number of alkyl halides is 3. The van der Waals surface area contributed by atoms with E-state index >= 15 is 0 Å². The monoisotopic (exact) mass is 274 g/mol. The van der Waals surface area contributed by atoms with Crippen molar-refractivity contribution in [1.82, 2.24) is 10.3 Å². The van der Waals surface area contributed by atoms with Gasteiger partial charge < -0.3 is 10.3 Å². The number of aromatic nitrogens is 1. The molecule has 0 saturated heterocycles. The van der Waals surface area contributed by atoms with Crippen LogP contribution in [0.3, 0.4) is 0 Å². The van der Waals surface area contributed by atoms with Crippen molar-refractivity contribution >= 4 is 12.0 Å². The van der Waals surface area contributed by atoms with Gasteiger partial charge in [0.05, 0.1) is 0 Å². The minimum Gasteiger partial charge on any atom is -0.356 e. The van der Waals surface area contributed by atoms with Crippen LogP contribution in [0, 0.1) is 0 Å². The van der Waals surface area contributed by atoms with Crippen molar-refractivity contribution in [1.29, 1.82) is 0 Å². The Morgan fingerprint density at radius 2 is 2.16 bits per heavy atom. The lowest BCUT2D eigenvalue weighted by Gasteiger charge is -2.05. The van der Waals surface area contributed by atoms with Crippen molar-refractivity contribution in [2.24, 2.45) is 0 Å². The van der Waals surface area contributed by atoms with Crippen LogP contribution in [-0.4, -0.2) is 17.4 Å². The molecule has 104 valence electrons. The predicted molar refractivity (Wildman–Crippen MR) is 64.4 cm³/mol. The van der Waals surface area contributed by atoms with Crippen molar-refractivity contribution < 1.29 is 18.0 Å². The molecule has 1 amide bonds. The first-order valence-corrected chi connectivity index (χ1v) is 5.51. The van der Waals surface area contributed by atoms with Crippen molar-refractivity contribution in [3.8, 4) is 0 Å². The number of carbonyl (C=O) groups is 1. The van der Waals surface area contributed by atoms with Crippen molar-refractivity contribution in [3.05, 3.63) is 39.8 Å². The summed E-state index contributed by atoms with van der Waals surface area (Å²) in [4.78, 5) is 23.6. The lowest BCUT2D eigenvalue weighted by molar-refractivity contribution is -0.138. The summed E-state index contributed by atoms with van der Waals surface area (Å²) in [6.07, 6.45) is 0.0802. The molecule has 0 aromatic carbocycles. The molecule has 0 fully saturated rings. The second-order valence-electron chi connectivity index (χ2n) is 3.85. The molecule has 0 radical (unpaired) electrons. The molecule has 7 heteroatoms. The van der Waals surface area contributed by atoms with Crippen molar-refractivity contribution in [2.45, 2.75) is 19.5 Å². The molecule has 0 aliphatic heterocycles. The van der Waals surface area contributed by atoms with Gasteiger partial charge in [0, 0.05) is 19.7 Å². The zero-order valence-corrected chi connectivity index (χ0v) is 10.2. The number of hydrogen-bond acceptors (Lipinski definition) is 2. The van der Waals surface area contributed by atoms with Crippen molar-refractivity contribution in [2.75, 3.05) is 6.54 Å². The van der Waals surface area contributed by atoms with Crippen molar-refractivity contribution in [3.63, 3.8) is 0 Å². The van der Waals surface area contributed by atoms with Crippen LogP contribution in [0.15, 0.2) is 23.1 Å². The summed E-state index contributed by atoms with van der Waals surface area (Å²) in [6.45, 7) is 1.78. The van der Waals surface area contributed by atoms with E-state index in [2.05, 4.69) is 5.32 Å². The maximum absolute atomic E-state index is 12.5. The maximum Gasteiger partial charge on any atom is 0.421 e. The summed E-state index contributed by atoms with van der Waals surface area (Å²) in [5.74, 6) is -0.170. The van der Waals surface area contributed by atoms with Gasteiger partial charge in [0.25, 0.3) is 5.56 Å². The highest BCUT2D eigenvalue weighted by Gasteiger charge is 2.33. The van der Waals surface area contributed by atoms with E-state index in [-0.39, 0.29) is 11.5 Å². The van der Waals surface area contributed by atoms with Gasteiger partial charge in [0.1, 0.15) is 5.56 Å². The van der Waals surface area contributed by atoms with Gasteiger partial charge in [-0.1, -0.05) is 12.2 Å². The Morgan fingerprint density at radius 3 is 2.74 bits per heavy atom. The molecular weight excluding hydrogens is 261 g/mol. The fourth-order valence-electron chi connectivity index (χ4n) is 1.36. The first kappa shape index (κ1) is 15.0. The standard InChI is InChI=1S/C12H13F3N2O2/c1-8(18)16-5-3-2-4-9-6-10(12(13,14)15)11(19)17-7-9/h2,4,6-7H,3,5H2,1H3,(H,16,18)(H,17,19). The van der Waals surface area contributed by atoms with Crippen LogP contribution in [0.4, 0.5) is 13.2 Å².